The van der Waals surface area contributed by atoms with Gasteiger partial charge in [0.2, 0.25) is 23.6 Å². The molecular formula is C48H52N12O6. The zero-order chi connectivity index (χ0) is 45.3. The van der Waals surface area contributed by atoms with Gasteiger partial charge in [-0.05, 0) is 86.1 Å². The number of hydrogen-bond acceptors (Lipinski definition) is 13. The van der Waals surface area contributed by atoms with Crippen molar-refractivity contribution < 1.29 is 28.8 Å². The summed E-state index contributed by atoms with van der Waals surface area (Å²) in [6, 6.07) is 22.2. The Morgan fingerprint density at radius 1 is 0.773 bits per heavy atom. The molecule has 4 N–H and O–H groups in total. The van der Waals surface area contributed by atoms with Crippen LogP contribution in [0.4, 0.5) is 22.9 Å². The number of nitrogens with zero attached hydrogens (tertiary/aromatic N) is 8. The van der Waals surface area contributed by atoms with Crippen molar-refractivity contribution in [2.24, 2.45) is 5.92 Å². The largest absolute Gasteiger partial charge is 0.376 e. The number of piperazine rings is 1. The van der Waals surface area contributed by atoms with Gasteiger partial charge in [-0.2, -0.15) is 0 Å². The van der Waals surface area contributed by atoms with Gasteiger partial charge in [-0.3, -0.25) is 43.9 Å². The summed E-state index contributed by atoms with van der Waals surface area (Å²) in [6.07, 6.45) is 7.42. The minimum atomic E-state index is -1.03. The number of anilines is 4. The Balaban J connectivity index is 0.643. The van der Waals surface area contributed by atoms with Gasteiger partial charge in [0.25, 0.3) is 11.8 Å². The molecule has 0 unspecified atom stereocenters. The molecule has 6 amide bonds. The average Bonchev–Trinajstić information content (AvgIpc) is 3.85. The standard InChI is InChI=1S/C48H52N12O6/c61-40-13-12-39(46(64)55-40)60-47(65)37-11-8-33(25-38(37)48(60)66)49-26-42(63)58-16-14-31(15-17-58)27-56-18-20-57(21-19-56)35-9-6-32(7-10-35)54-44-43-45(51-28-50-44)59(29-52-43)36-23-34(24-36)53-41(62)22-30-4-2-1-3-5-30/h1-11,25,28-29,31,34,36,39,49H,12-24,26-27H2,(H,53,62)(H,50,51,54)(H,55,61,64)/t34?,36?,39-/m0/s1. The van der Waals surface area contributed by atoms with Gasteiger partial charge in [-0.15, -0.1) is 0 Å². The maximum atomic E-state index is 13.2. The monoisotopic (exact) mass is 892 g/mol. The summed E-state index contributed by atoms with van der Waals surface area (Å²) in [5.74, 6) is -1.05. The van der Waals surface area contributed by atoms with Crippen molar-refractivity contribution >= 4 is 69.5 Å². The molecule has 18 nitrogen and oxygen atoms in total. The highest BCUT2D eigenvalue weighted by Gasteiger charge is 2.44. The molecule has 66 heavy (non-hydrogen) atoms. The van der Waals surface area contributed by atoms with Crippen LogP contribution >= 0.6 is 0 Å². The van der Waals surface area contributed by atoms with Crippen LogP contribution in [0.15, 0.2) is 85.5 Å². The number of rotatable bonds is 13. The zero-order valence-electron chi connectivity index (χ0n) is 36.5. The molecule has 0 spiro atoms. The Hall–Kier alpha value is -7.21. The molecule has 5 aliphatic rings. The van der Waals surface area contributed by atoms with E-state index in [1.807, 2.05) is 41.6 Å². The molecule has 0 bridgehead atoms. The summed E-state index contributed by atoms with van der Waals surface area (Å²) < 4.78 is 2.09. The van der Waals surface area contributed by atoms with Crippen molar-refractivity contribution in [2.45, 2.75) is 63.1 Å². The van der Waals surface area contributed by atoms with E-state index < -0.39 is 29.7 Å². The third-order valence-corrected chi connectivity index (χ3v) is 13.7. The second kappa shape index (κ2) is 18.3. The highest BCUT2D eigenvalue weighted by Crippen LogP contribution is 2.36. The molecule has 4 aliphatic heterocycles. The number of benzene rings is 3. The molecule has 4 fully saturated rings. The lowest BCUT2D eigenvalue weighted by Crippen LogP contribution is -2.54. The number of piperidine rings is 2. The quantitative estimate of drug-likeness (QED) is 0.125. The lowest BCUT2D eigenvalue weighted by Gasteiger charge is -2.39. The normalized spacial score (nSPS) is 21.4. The van der Waals surface area contributed by atoms with Crippen LogP contribution in [0.2, 0.25) is 0 Å². The van der Waals surface area contributed by atoms with E-state index in [-0.39, 0.29) is 54.4 Å². The number of carbonyl (C=O) groups is 6. The van der Waals surface area contributed by atoms with Gasteiger partial charge in [0.05, 0.1) is 30.4 Å². The first-order valence-electron chi connectivity index (χ1n) is 22.9. The first-order valence-corrected chi connectivity index (χ1v) is 22.9. The molecule has 1 atom stereocenters. The average molecular weight is 893 g/mol. The highest BCUT2D eigenvalue weighted by atomic mass is 16.2. The van der Waals surface area contributed by atoms with Crippen molar-refractivity contribution in [3.63, 3.8) is 0 Å². The summed E-state index contributed by atoms with van der Waals surface area (Å²) >= 11 is 0. The molecule has 10 rings (SSSR count). The number of hydrogen-bond donors (Lipinski definition) is 4. The van der Waals surface area contributed by atoms with Crippen LogP contribution in [0.25, 0.3) is 11.2 Å². The fourth-order valence-electron chi connectivity index (χ4n) is 9.88. The van der Waals surface area contributed by atoms with Gasteiger partial charge in [0.1, 0.15) is 12.4 Å². The number of fused-ring (bicyclic) bond motifs is 2. The van der Waals surface area contributed by atoms with Crippen LogP contribution in [0.3, 0.4) is 0 Å². The molecule has 6 heterocycles. The maximum absolute atomic E-state index is 13.2. The smallest absolute Gasteiger partial charge is 0.262 e. The fraction of sp³-hybridized carbons (Fsp3) is 0.396. The number of carbonyl (C=O) groups excluding carboxylic acids is 6. The lowest BCUT2D eigenvalue weighted by atomic mass is 9.86. The number of imidazole rings is 1. The Bertz CT molecular complexity index is 2670. The maximum Gasteiger partial charge on any atom is 0.262 e. The number of aromatic nitrogens is 4. The summed E-state index contributed by atoms with van der Waals surface area (Å²) in [6.45, 7) is 6.21. The van der Waals surface area contributed by atoms with E-state index in [1.165, 1.54) is 11.8 Å². The molecule has 1 saturated carbocycles. The van der Waals surface area contributed by atoms with E-state index in [1.54, 1.807) is 18.5 Å². The predicted octanol–water partition coefficient (Wildman–Crippen LogP) is 3.51. The van der Waals surface area contributed by atoms with Crippen LogP contribution in [0.5, 0.6) is 0 Å². The van der Waals surface area contributed by atoms with Crippen molar-refractivity contribution in [1.29, 1.82) is 0 Å². The van der Waals surface area contributed by atoms with Gasteiger partial charge < -0.3 is 30.3 Å². The first-order chi connectivity index (χ1) is 32.1. The number of imide groups is 2. The van der Waals surface area contributed by atoms with Crippen LogP contribution in [0, 0.1) is 5.92 Å². The minimum Gasteiger partial charge on any atom is -0.376 e. The first kappa shape index (κ1) is 42.7. The topological polar surface area (TPSA) is 207 Å². The molecule has 18 heteroatoms. The van der Waals surface area contributed by atoms with E-state index in [0.717, 1.165) is 80.2 Å². The van der Waals surface area contributed by atoms with Gasteiger partial charge in [-0.25, -0.2) is 15.0 Å². The van der Waals surface area contributed by atoms with Crippen molar-refractivity contribution in [2.75, 3.05) is 67.9 Å². The molecule has 5 aromatic rings. The van der Waals surface area contributed by atoms with Gasteiger partial charge in [0, 0.05) is 81.4 Å². The Kier molecular flexibility index (Phi) is 11.9. The molecular weight excluding hydrogens is 841 g/mol. The van der Waals surface area contributed by atoms with Gasteiger partial charge >= 0.3 is 0 Å². The molecule has 2 aromatic heterocycles. The van der Waals surface area contributed by atoms with E-state index in [2.05, 4.69) is 74.9 Å². The molecule has 1 aliphatic carbocycles. The lowest BCUT2D eigenvalue weighted by molar-refractivity contribution is -0.136. The summed E-state index contributed by atoms with van der Waals surface area (Å²) in [5, 5.41) is 11.9. The highest BCUT2D eigenvalue weighted by molar-refractivity contribution is 6.23. The summed E-state index contributed by atoms with van der Waals surface area (Å²) in [7, 11) is 0. The van der Waals surface area contributed by atoms with Gasteiger partial charge in [0.15, 0.2) is 17.0 Å². The van der Waals surface area contributed by atoms with Crippen LogP contribution in [0.1, 0.15) is 70.8 Å². The summed E-state index contributed by atoms with van der Waals surface area (Å²) in [5.41, 5.74) is 5.46. The molecule has 3 saturated heterocycles. The predicted molar refractivity (Wildman–Crippen MR) is 245 cm³/mol. The third kappa shape index (κ3) is 8.92. The van der Waals surface area contributed by atoms with E-state index >= 15 is 0 Å². The Labute approximate surface area is 381 Å². The van der Waals surface area contributed by atoms with Gasteiger partial charge in [-0.1, -0.05) is 30.3 Å². The fourth-order valence-corrected chi connectivity index (χ4v) is 9.88. The SMILES string of the molecule is O=C1CC[C@H](N2C(=O)c3ccc(NCC(=O)N4CCC(CN5CCN(c6ccc(Nc7ncnc8c7ncn8C7CC(NC(=O)Cc8ccccc8)C7)cc6)CC5)CC4)cc3C2=O)C(=O)N1. The molecule has 0 radical (unpaired) electrons. The second-order valence-corrected chi connectivity index (χ2v) is 17.9. The third-order valence-electron chi connectivity index (χ3n) is 13.7. The second-order valence-electron chi connectivity index (χ2n) is 17.9. The zero-order valence-corrected chi connectivity index (χ0v) is 36.5. The minimum absolute atomic E-state index is 0.0289. The van der Waals surface area contributed by atoms with E-state index in [9.17, 15) is 28.8 Å². The van der Waals surface area contributed by atoms with Crippen molar-refractivity contribution in [3.05, 3.63) is 102 Å². The van der Waals surface area contributed by atoms with Crippen molar-refractivity contribution in [3.8, 4) is 0 Å². The van der Waals surface area contributed by atoms with Crippen LogP contribution in [-0.4, -0.2) is 134 Å². The van der Waals surface area contributed by atoms with E-state index in [4.69, 9.17) is 0 Å². The summed E-state index contributed by atoms with van der Waals surface area (Å²) in [4.78, 5) is 97.5. The molecule has 3 aromatic carbocycles. The Morgan fingerprint density at radius 3 is 2.27 bits per heavy atom. The Morgan fingerprint density at radius 2 is 1.52 bits per heavy atom. The number of amides is 6. The molecule has 340 valence electrons. The van der Waals surface area contributed by atoms with Crippen LogP contribution in [-0.2, 0) is 25.6 Å². The number of nitrogens with one attached hydrogen (secondary N) is 4. The van der Waals surface area contributed by atoms with Crippen LogP contribution < -0.4 is 26.2 Å². The van der Waals surface area contributed by atoms with Crippen molar-refractivity contribution in [1.82, 2.24) is 44.9 Å². The number of likely N-dealkylation sites (tertiary alicyclic amines) is 1. The van der Waals surface area contributed by atoms with E-state index in [0.29, 0.717) is 42.5 Å².